The van der Waals surface area contributed by atoms with E-state index in [1.807, 2.05) is 23.1 Å². The van der Waals surface area contributed by atoms with Crippen LogP contribution in [0.1, 0.15) is 66.1 Å². The molecule has 1 saturated heterocycles. The van der Waals surface area contributed by atoms with Gasteiger partial charge in [-0.1, -0.05) is 24.3 Å². The second-order valence-corrected chi connectivity index (χ2v) is 9.34. The van der Waals surface area contributed by atoms with Gasteiger partial charge < -0.3 is 4.90 Å². The van der Waals surface area contributed by atoms with Crippen LogP contribution >= 0.6 is 24.8 Å². The van der Waals surface area contributed by atoms with Gasteiger partial charge in [-0.3, -0.25) is 14.5 Å². The van der Waals surface area contributed by atoms with Crippen LogP contribution in [0.3, 0.4) is 0 Å². The molecule has 2 aromatic carbocycles. The van der Waals surface area contributed by atoms with Gasteiger partial charge in [0.25, 0.3) is 0 Å². The molecule has 186 valence electrons. The Morgan fingerprint density at radius 3 is 2.35 bits per heavy atom. The number of Topliss-reactive ketones (excluding diaryl/α,β-unsaturated/α-hetero) is 1. The molecule has 7 heteroatoms. The summed E-state index contributed by atoms with van der Waals surface area (Å²) in [7, 11) is 0. The van der Waals surface area contributed by atoms with Crippen molar-refractivity contribution < 1.29 is 14.0 Å². The Morgan fingerprint density at radius 2 is 1.68 bits per heavy atom. The average molecular weight is 509 g/mol. The number of aryl methyl sites for hydroxylation is 1. The molecule has 2 aliphatic heterocycles. The summed E-state index contributed by atoms with van der Waals surface area (Å²) in [6.07, 6.45) is 5.57. The van der Waals surface area contributed by atoms with Crippen molar-refractivity contribution in [3.05, 3.63) is 70.5 Å². The SMILES string of the molecule is CC(=O)N1CCC(CCC(=O)c2ccc3c(c2)CN(Cc2ccc(F)cc2)CCC3)CC1.Cl.Cl. The summed E-state index contributed by atoms with van der Waals surface area (Å²) in [6.45, 7) is 5.86. The molecule has 2 aromatic rings. The minimum Gasteiger partial charge on any atom is -0.343 e. The molecule has 2 aliphatic rings. The molecule has 0 bridgehead atoms. The fourth-order valence-electron chi connectivity index (χ4n) is 5.00. The smallest absolute Gasteiger partial charge is 0.219 e. The van der Waals surface area contributed by atoms with Crippen LogP contribution in [0, 0.1) is 11.7 Å². The molecule has 0 unspecified atom stereocenters. The highest BCUT2D eigenvalue weighted by Crippen LogP contribution is 2.25. The van der Waals surface area contributed by atoms with E-state index in [0.717, 1.165) is 76.0 Å². The minimum absolute atomic E-state index is 0. The van der Waals surface area contributed by atoms with Crippen molar-refractivity contribution in [2.75, 3.05) is 19.6 Å². The standard InChI is InChI=1S/C27H33FN2O2.2ClH/c1-20(31)30-15-12-21(13-16-30)6-11-27(32)24-8-7-23-3-2-14-29(19-25(23)17-24)18-22-4-9-26(28)10-5-22;;/h4-5,7-10,17,21H,2-3,6,11-16,18-19H2,1H3;2*1H. The van der Waals surface area contributed by atoms with E-state index in [0.29, 0.717) is 12.3 Å². The van der Waals surface area contributed by atoms with Crippen LogP contribution in [0.2, 0.25) is 0 Å². The van der Waals surface area contributed by atoms with Crippen LogP contribution in [0.25, 0.3) is 0 Å². The third-order valence-electron chi connectivity index (χ3n) is 7.00. The molecular formula is C27H35Cl2FN2O2. The predicted octanol–water partition coefficient (Wildman–Crippen LogP) is 5.84. The molecule has 0 saturated carbocycles. The van der Waals surface area contributed by atoms with Crippen molar-refractivity contribution >= 4 is 36.5 Å². The summed E-state index contributed by atoms with van der Waals surface area (Å²) in [5.41, 5.74) is 4.50. The highest BCUT2D eigenvalue weighted by Gasteiger charge is 2.22. The Balaban J connectivity index is 0.00000204. The van der Waals surface area contributed by atoms with E-state index in [-0.39, 0.29) is 42.3 Å². The monoisotopic (exact) mass is 508 g/mol. The maximum atomic E-state index is 13.2. The third-order valence-corrected chi connectivity index (χ3v) is 7.00. The lowest BCUT2D eigenvalue weighted by Crippen LogP contribution is -2.37. The zero-order valence-electron chi connectivity index (χ0n) is 19.8. The second-order valence-electron chi connectivity index (χ2n) is 9.34. The number of nitrogens with zero attached hydrogens (tertiary/aromatic N) is 2. The molecule has 0 aromatic heterocycles. The van der Waals surface area contributed by atoms with Crippen molar-refractivity contribution in [3.63, 3.8) is 0 Å². The topological polar surface area (TPSA) is 40.6 Å². The molecule has 0 aliphatic carbocycles. The second kappa shape index (κ2) is 13.2. The number of hydrogen-bond donors (Lipinski definition) is 0. The molecule has 34 heavy (non-hydrogen) atoms. The average Bonchev–Trinajstić information content (AvgIpc) is 3.00. The maximum Gasteiger partial charge on any atom is 0.219 e. The quantitative estimate of drug-likeness (QED) is 0.460. The Morgan fingerprint density at radius 1 is 0.971 bits per heavy atom. The molecular weight excluding hydrogens is 474 g/mol. The fraction of sp³-hybridized carbons (Fsp3) is 0.481. The van der Waals surface area contributed by atoms with Gasteiger partial charge in [0.2, 0.25) is 5.91 Å². The zero-order chi connectivity index (χ0) is 22.5. The number of fused-ring (bicyclic) bond motifs is 1. The maximum absolute atomic E-state index is 13.2. The van der Waals surface area contributed by atoms with Crippen molar-refractivity contribution in [1.29, 1.82) is 0 Å². The number of piperidine rings is 1. The van der Waals surface area contributed by atoms with E-state index in [9.17, 15) is 14.0 Å². The van der Waals surface area contributed by atoms with E-state index < -0.39 is 0 Å². The number of benzene rings is 2. The summed E-state index contributed by atoms with van der Waals surface area (Å²) in [4.78, 5) is 28.7. The van der Waals surface area contributed by atoms with E-state index in [1.165, 1.54) is 23.3 Å². The van der Waals surface area contributed by atoms with E-state index in [4.69, 9.17) is 0 Å². The van der Waals surface area contributed by atoms with Gasteiger partial charge in [0.1, 0.15) is 5.82 Å². The number of ketones is 1. The first-order chi connectivity index (χ1) is 15.5. The largest absolute Gasteiger partial charge is 0.343 e. The lowest BCUT2D eigenvalue weighted by atomic mass is 9.89. The van der Waals surface area contributed by atoms with Gasteiger partial charge in [-0.05, 0) is 79.5 Å². The summed E-state index contributed by atoms with van der Waals surface area (Å²) >= 11 is 0. The first-order valence-corrected chi connectivity index (χ1v) is 11.9. The minimum atomic E-state index is -0.206. The predicted molar refractivity (Wildman–Crippen MR) is 138 cm³/mol. The van der Waals surface area contributed by atoms with E-state index in [1.54, 1.807) is 6.92 Å². The van der Waals surface area contributed by atoms with Crippen LogP contribution in [0.4, 0.5) is 4.39 Å². The fourth-order valence-corrected chi connectivity index (χ4v) is 5.00. The van der Waals surface area contributed by atoms with Gasteiger partial charge in [0, 0.05) is 45.1 Å². The molecule has 1 amide bonds. The van der Waals surface area contributed by atoms with Crippen LogP contribution in [-0.2, 0) is 24.3 Å². The highest BCUT2D eigenvalue weighted by molar-refractivity contribution is 5.96. The molecule has 1 fully saturated rings. The molecule has 4 nitrogen and oxygen atoms in total. The Hall–Kier alpha value is -1.95. The molecule has 0 radical (unpaired) electrons. The van der Waals surface area contributed by atoms with Gasteiger partial charge in [-0.15, -0.1) is 24.8 Å². The van der Waals surface area contributed by atoms with Gasteiger partial charge in [0.05, 0.1) is 0 Å². The summed E-state index contributed by atoms with van der Waals surface area (Å²) < 4.78 is 13.2. The van der Waals surface area contributed by atoms with Gasteiger partial charge >= 0.3 is 0 Å². The lowest BCUT2D eigenvalue weighted by molar-refractivity contribution is -0.130. The Kier molecular flexibility index (Phi) is 11.0. The van der Waals surface area contributed by atoms with E-state index in [2.05, 4.69) is 17.0 Å². The van der Waals surface area contributed by atoms with Crippen molar-refractivity contribution in [2.45, 2.75) is 58.5 Å². The summed E-state index contributed by atoms with van der Waals surface area (Å²) in [5.74, 6) is 0.693. The highest BCUT2D eigenvalue weighted by atomic mass is 35.5. The first kappa shape index (κ1) is 28.3. The first-order valence-electron chi connectivity index (χ1n) is 11.9. The van der Waals surface area contributed by atoms with Crippen molar-refractivity contribution in [2.24, 2.45) is 5.92 Å². The number of hydrogen-bond acceptors (Lipinski definition) is 3. The van der Waals surface area contributed by atoms with Gasteiger partial charge in [-0.25, -0.2) is 4.39 Å². The van der Waals surface area contributed by atoms with Gasteiger partial charge in [0.15, 0.2) is 5.78 Å². The molecule has 4 rings (SSSR count). The normalized spacial score (nSPS) is 16.6. The summed E-state index contributed by atoms with van der Waals surface area (Å²) in [6, 6.07) is 13.0. The number of likely N-dealkylation sites (tertiary alicyclic amines) is 1. The molecule has 0 atom stereocenters. The lowest BCUT2D eigenvalue weighted by Gasteiger charge is -2.31. The van der Waals surface area contributed by atoms with Crippen molar-refractivity contribution in [1.82, 2.24) is 9.80 Å². The number of carbonyl (C=O) groups is 2. The zero-order valence-corrected chi connectivity index (χ0v) is 21.4. The van der Waals surface area contributed by atoms with Crippen LogP contribution < -0.4 is 0 Å². The van der Waals surface area contributed by atoms with Crippen molar-refractivity contribution in [3.8, 4) is 0 Å². The number of halogens is 3. The Labute approximate surface area is 214 Å². The Bertz CT molecular complexity index is 960. The molecule has 2 heterocycles. The van der Waals surface area contributed by atoms with Crippen LogP contribution in [-0.4, -0.2) is 41.1 Å². The third kappa shape index (κ3) is 7.53. The van der Waals surface area contributed by atoms with Crippen LogP contribution in [0.5, 0.6) is 0 Å². The number of rotatable bonds is 6. The number of carbonyl (C=O) groups excluding carboxylic acids is 2. The molecule has 0 N–H and O–H groups in total. The van der Waals surface area contributed by atoms with Crippen LogP contribution in [0.15, 0.2) is 42.5 Å². The van der Waals surface area contributed by atoms with E-state index >= 15 is 0 Å². The number of amides is 1. The summed E-state index contributed by atoms with van der Waals surface area (Å²) in [5, 5.41) is 0. The molecule has 0 spiro atoms. The van der Waals surface area contributed by atoms with Gasteiger partial charge in [-0.2, -0.15) is 0 Å².